The Morgan fingerprint density at radius 2 is 1.62 bits per heavy atom. The van der Waals surface area contributed by atoms with E-state index in [0.717, 1.165) is 12.8 Å². The molecule has 21 heavy (non-hydrogen) atoms. The van der Waals surface area contributed by atoms with Crippen LogP contribution in [0.1, 0.15) is 77.6 Å². The van der Waals surface area contributed by atoms with Crippen LogP contribution in [0.5, 0.6) is 0 Å². The zero-order chi connectivity index (χ0) is 15.6. The molecule has 120 valence electrons. The number of nitrogens with zero attached hydrogens (tertiary/aromatic N) is 3. The maximum Gasteiger partial charge on any atom is 0.305 e. The van der Waals surface area contributed by atoms with Gasteiger partial charge in [0.05, 0.1) is 0 Å². The Labute approximate surface area is 128 Å². The van der Waals surface area contributed by atoms with Gasteiger partial charge < -0.3 is 4.74 Å². The normalized spacial score (nSPS) is 10.5. The summed E-state index contributed by atoms with van der Waals surface area (Å²) >= 11 is 0. The smallest absolute Gasteiger partial charge is 0.305 e. The van der Waals surface area contributed by atoms with E-state index in [0.29, 0.717) is 6.42 Å². The number of ether oxygens (including phenoxy) is 1. The van der Waals surface area contributed by atoms with E-state index in [1.165, 1.54) is 51.4 Å². The molecule has 0 aromatic rings. The van der Waals surface area contributed by atoms with Gasteiger partial charge in [-0.2, -0.15) is 0 Å². The minimum Gasteiger partial charge on any atom is -0.460 e. The van der Waals surface area contributed by atoms with Crippen LogP contribution in [0, 0.1) is 0 Å². The van der Waals surface area contributed by atoms with Crippen molar-refractivity contribution in [1.29, 1.82) is 0 Å². The van der Waals surface area contributed by atoms with E-state index in [2.05, 4.69) is 29.1 Å². The van der Waals surface area contributed by atoms with Gasteiger partial charge in [0, 0.05) is 11.3 Å². The van der Waals surface area contributed by atoms with Gasteiger partial charge in [-0.1, -0.05) is 62.2 Å². The Morgan fingerprint density at radius 3 is 2.19 bits per heavy atom. The second-order valence-corrected chi connectivity index (χ2v) is 5.17. The molecule has 5 nitrogen and oxygen atoms in total. The van der Waals surface area contributed by atoms with Crippen molar-refractivity contribution in [3.05, 3.63) is 22.6 Å². The molecular formula is C16H29N3O2. The second-order valence-electron chi connectivity index (χ2n) is 5.17. The molecule has 0 fully saturated rings. The van der Waals surface area contributed by atoms with Gasteiger partial charge in [-0.05, 0) is 31.7 Å². The summed E-state index contributed by atoms with van der Waals surface area (Å²) in [5, 5.41) is 3.16. The fourth-order valence-corrected chi connectivity index (χ4v) is 2.13. The summed E-state index contributed by atoms with van der Waals surface area (Å²) in [6.45, 7) is 1.88. The predicted molar refractivity (Wildman–Crippen MR) is 85.7 cm³/mol. The third kappa shape index (κ3) is 16.5. The fourth-order valence-electron chi connectivity index (χ4n) is 2.13. The molecule has 0 aromatic heterocycles. The average molecular weight is 295 g/mol. The van der Waals surface area contributed by atoms with E-state index >= 15 is 0 Å². The molecule has 0 unspecified atom stereocenters. The Balaban J connectivity index is 3.15. The largest absolute Gasteiger partial charge is 0.460 e. The molecule has 0 amide bonds. The van der Waals surface area contributed by atoms with Crippen molar-refractivity contribution < 1.29 is 9.53 Å². The Bertz CT molecular complexity index is 323. The van der Waals surface area contributed by atoms with E-state index in [1.54, 1.807) is 0 Å². The molecule has 0 bridgehead atoms. The third-order valence-corrected chi connectivity index (χ3v) is 3.33. The van der Waals surface area contributed by atoms with Gasteiger partial charge in [-0.15, -0.1) is 0 Å². The summed E-state index contributed by atoms with van der Waals surface area (Å²) in [7, 11) is 0. The molecular weight excluding hydrogens is 266 g/mol. The van der Waals surface area contributed by atoms with Gasteiger partial charge in [0.15, 0.2) is 6.73 Å². The molecule has 0 aliphatic carbocycles. The van der Waals surface area contributed by atoms with Gasteiger partial charge in [-0.3, -0.25) is 4.79 Å². The van der Waals surface area contributed by atoms with Crippen LogP contribution in [0.4, 0.5) is 0 Å². The van der Waals surface area contributed by atoms with Gasteiger partial charge in [0.25, 0.3) is 0 Å². The molecule has 0 saturated carbocycles. The van der Waals surface area contributed by atoms with Crippen molar-refractivity contribution in [3.8, 4) is 0 Å². The molecule has 0 radical (unpaired) electrons. The standard InChI is InChI=1S/C16H29N3O2/c1-2-3-4-5-6-7-8-9-10-11-12-13-14-16(20)21-15-18-19-17/h2-3H,4-15H2,1H3/b3-2-. The minimum atomic E-state index is -0.275. The van der Waals surface area contributed by atoms with Crippen molar-refractivity contribution in [2.75, 3.05) is 6.73 Å². The monoisotopic (exact) mass is 295 g/mol. The van der Waals surface area contributed by atoms with Gasteiger partial charge in [-0.25, -0.2) is 0 Å². The van der Waals surface area contributed by atoms with Crippen molar-refractivity contribution in [2.45, 2.75) is 77.6 Å². The highest BCUT2D eigenvalue weighted by Crippen LogP contribution is 2.11. The average Bonchev–Trinajstić information content (AvgIpc) is 2.48. The lowest BCUT2D eigenvalue weighted by molar-refractivity contribution is -0.143. The van der Waals surface area contributed by atoms with Crippen molar-refractivity contribution in [3.63, 3.8) is 0 Å². The lowest BCUT2D eigenvalue weighted by atomic mass is 10.1. The summed E-state index contributed by atoms with van der Waals surface area (Å²) in [5.41, 5.74) is 8.03. The number of carbonyl (C=O) groups excluding carboxylic acids is 1. The Hall–Kier alpha value is -1.48. The Morgan fingerprint density at radius 1 is 1.05 bits per heavy atom. The molecule has 0 aliphatic heterocycles. The van der Waals surface area contributed by atoms with Crippen LogP contribution in [0.2, 0.25) is 0 Å². The topological polar surface area (TPSA) is 75.1 Å². The summed E-state index contributed by atoms with van der Waals surface area (Å²) in [6, 6.07) is 0. The minimum absolute atomic E-state index is 0.191. The number of esters is 1. The highest BCUT2D eigenvalue weighted by Gasteiger charge is 2.01. The Kier molecular flexibility index (Phi) is 15.4. The highest BCUT2D eigenvalue weighted by molar-refractivity contribution is 5.69. The first-order chi connectivity index (χ1) is 10.3. The van der Waals surface area contributed by atoms with Crippen LogP contribution in [0.25, 0.3) is 10.4 Å². The number of hydrogen-bond donors (Lipinski definition) is 0. The number of hydrogen-bond acceptors (Lipinski definition) is 3. The van der Waals surface area contributed by atoms with Crippen LogP contribution in [0.15, 0.2) is 17.3 Å². The zero-order valence-corrected chi connectivity index (χ0v) is 13.3. The zero-order valence-electron chi connectivity index (χ0n) is 13.3. The molecule has 0 saturated heterocycles. The second kappa shape index (κ2) is 16.6. The fraction of sp³-hybridized carbons (Fsp3) is 0.812. The third-order valence-electron chi connectivity index (χ3n) is 3.33. The molecule has 0 aliphatic rings. The van der Waals surface area contributed by atoms with E-state index in [-0.39, 0.29) is 12.7 Å². The first-order valence-corrected chi connectivity index (χ1v) is 8.09. The number of allylic oxidation sites excluding steroid dienone is 2. The SMILES string of the molecule is C/C=C\CCCCCCCCCCCC(=O)OCN=[N+]=[N-]. The van der Waals surface area contributed by atoms with Gasteiger partial charge in [0.1, 0.15) is 0 Å². The molecule has 0 heterocycles. The number of rotatable bonds is 14. The number of unbranched alkanes of at least 4 members (excludes halogenated alkanes) is 9. The molecule has 0 N–H and O–H groups in total. The summed E-state index contributed by atoms with van der Waals surface area (Å²) in [6.07, 6.45) is 16.9. The summed E-state index contributed by atoms with van der Waals surface area (Å²) in [4.78, 5) is 13.7. The first-order valence-electron chi connectivity index (χ1n) is 8.09. The van der Waals surface area contributed by atoms with Crippen LogP contribution >= 0.6 is 0 Å². The molecule has 0 rings (SSSR count). The molecule has 0 atom stereocenters. The lowest BCUT2D eigenvalue weighted by Crippen LogP contribution is -2.03. The van der Waals surface area contributed by atoms with Crippen molar-refractivity contribution in [1.82, 2.24) is 0 Å². The van der Waals surface area contributed by atoms with E-state index in [4.69, 9.17) is 10.3 Å². The summed E-state index contributed by atoms with van der Waals surface area (Å²) in [5.74, 6) is -0.275. The van der Waals surface area contributed by atoms with E-state index in [9.17, 15) is 4.79 Å². The van der Waals surface area contributed by atoms with Crippen molar-refractivity contribution in [2.24, 2.45) is 5.11 Å². The molecule has 0 aromatic carbocycles. The number of carbonyl (C=O) groups is 1. The maximum atomic E-state index is 11.2. The van der Waals surface area contributed by atoms with Crippen molar-refractivity contribution >= 4 is 5.97 Å². The van der Waals surface area contributed by atoms with Gasteiger partial charge in [0.2, 0.25) is 0 Å². The first kappa shape index (κ1) is 19.5. The molecule has 0 spiro atoms. The van der Waals surface area contributed by atoms with Crippen LogP contribution in [-0.2, 0) is 9.53 Å². The maximum absolute atomic E-state index is 11.2. The van der Waals surface area contributed by atoms with Crippen LogP contribution in [-0.4, -0.2) is 12.7 Å². The van der Waals surface area contributed by atoms with Gasteiger partial charge >= 0.3 is 5.97 Å². The quantitative estimate of drug-likeness (QED) is 0.103. The highest BCUT2D eigenvalue weighted by atomic mass is 16.5. The van der Waals surface area contributed by atoms with E-state index in [1.807, 2.05) is 0 Å². The summed E-state index contributed by atoms with van der Waals surface area (Å²) < 4.78 is 4.72. The van der Waals surface area contributed by atoms with Crippen LogP contribution in [0.3, 0.4) is 0 Å². The predicted octanol–water partition coefficient (Wildman–Crippen LogP) is 5.66. The van der Waals surface area contributed by atoms with Crippen LogP contribution < -0.4 is 0 Å². The molecule has 5 heteroatoms. The van der Waals surface area contributed by atoms with E-state index < -0.39 is 0 Å². The lowest BCUT2D eigenvalue weighted by Gasteiger charge is -2.03. The number of azide groups is 1.